The first-order chi connectivity index (χ1) is 12.7. The minimum Gasteiger partial charge on any atom is -0.420 e. The second-order valence-corrected chi connectivity index (χ2v) is 6.14. The first-order valence-electron chi connectivity index (χ1n) is 8.39. The van der Waals surface area contributed by atoms with E-state index in [1.54, 1.807) is 24.3 Å². The van der Waals surface area contributed by atoms with Gasteiger partial charge in [0.1, 0.15) is 11.9 Å². The van der Waals surface area contributed by atoms with E-state index in [4.69, 9.17) is 4.42 Å². The Morgan fingerprint density at radius 1 is 1.08 bits per heavy atom. The van der Waals surface area contributed by atoms with Crippen LogP contribution in [-0.4, -0.2) is 11.5 Å². The molecule has 3 aromatic rings. The number of hydrogen-bond donors (Lipinski definition) is 0. The summed E-state index contributed by atoms with van der Waals surface area (Å²) in [5.41, 5.74) is 3.68. The van der Waals surface area contributed by atoms with Crippen molar-refractivity contribution in [2.24, 2.45) is 0 Å². The Hall–Kier alpha value is -3.39. The highest BCUT2D eigenvalue weighted by Gasteiger charge is 2.23. The summed E-state index contributed by atoms with van der Waals surface area (Å²) < 4.78 is 18.8. The molecular weight excluding hydrogens is 329 g/mol. The predicted molar refractivity (Wildman–Crippen MR) is 97.7 cm³/mol. The fourth-order valence-electron chi connectivity index (χ4n) is 3.10. The summed E-state index contributed by atoms with van der Waals surface area (Å²) in [7, 11) is 0. The Kier molecular flexibility index (Phi) is 4.24. The van der Waals surface area contributed by atoms with Crippen molar-refractivity contribution in [2.45, 2.75) is 13.0 Å². The quantitative estimate of drug-likeness (QED) is 0.705. The monoisotopic (exact) mass is 345 g/mol. The Morgan fingerprint density at radius 3 is 2.62 bits per heavy atom. The highest BCUT2D eigenvalue weighted by Crippen LogP contribution is 2.28. The van der Waals surface area contributed by atoms with Crippen molar-refractivity contribution in [3.8, 4) is 6.07 Å². The molecule has 0 N–H and O–H groups in total. The van der Waals surface area contributed by atoms with E-state index >= 15 is 0 Å². The number of anilines is 1. The van der Waals surface area contributed by atoms with Gasteiger partial charge in [-0.1, -0.05) is 36.4 Å². The molecule has 0 radical (unpaired) electrons. The number of rotatable bonds is 3. The molecule has 0 amide bonds. The van der Waals surface area contributed by atoms with E-state index in [1.807, 2.05) is 17.0 Å². The molecule has 0 atom stereocenters. The zero-order valence-corrected chi connectivity index (χ0v) is 14.0. The van der Waals surface area contributed by atoms with Gasteiger partial charge in [0, 0.05) is 19.2 Å². The van der Waals surface area contributed by atoms with Gasteiger partial charge in [0.2, 0.25) is 17.5 Å². The second-order valence-electron chi connectivity index (χ2n) is 6.14. The standard InChI is InChI=1S/C21H16FN3O/c22-18-8-5-15(6-9-18)7-10-20-24-19(13-23)21(26-20)25-12-11-16-3-1-2-4-17(16)14-25/h1-10H,11-12,14H2/b10-7+. The maximum Gasteiger partial charge on any atom is 0.235 e. The van der Waals surface area contributed by atoms with E-state index in [0.717, 1.165) is 18.5 Å². The summed E-state index contributed by atoms with van der Waals surface area (Å²) in [6.45, 7) is 1.48. The molecule has 4 rings (SSSR count). The Morgan fingerprint density at radius 2 is 1.85 bits per heavy atom. The van der Waals surface area contributed by atoms with E-state index in [-0.39, 0.29) is 11.5 Å². The number of oxazole rings is 1. The lowest BCUT2D eigenvalue weighted by molar-refractivity contribution is 0.520. The molecule has 0 bridgehead atoms. The molecule has 0 unspecified atom stereocenters. The van der Waals surface area contributed by atoms with E-state index in [1.165, 1.54) is 23.3 Å². The normalized spacial score (nSPS) is 13.6. The molecule has 0 spiro atoms. The van der Waals surface area contributed by atoms with Gasteiger partial charge >= 0.3 is 0 Å². The van der Waals surface area contributed by atoms with Crippen LogP contribution in [0.15, 0.2) is 52.9 Å². The van der Waals surface area contributed by atoms with Crippen LogP contribution in [0.3, 0.4) is 0 Å². The van der Waals surface area contributed by atoms with Gasteiger partial charge in [0.25, 0.3) is 0 Å². The molecule has 2 aromatic carbocycles. The van der Waals surface area contributed by atoms with Crippen LogP contribution < -0.4 is 4.90 Å². The van der Waals surface area contributed by atoms with Crippen molar-refractivity contribution >= 4 is 18.0 Å². The van der Waals surface area contributed by atoms with E-state index in [0.29, 0.717) is 18.3 Å². The third kappa shape index (κ3) is 3.22. The molecule has 1 aliphatic heterocycles. The maximum absolute atomic E-state index is 13.0. The average molecular weight is 345 g/mol. The Bertz CT molecular complexity index is 999. The fourth-order valence-corrected chi connectivity index (χ4v) is 3.10. The molecule has 0 fully saturated rings. The minimum atomic E-state index is -0.280. The van der Waals surface area contributed by atoms with Crippen LogP contribution in [0, 0.1) is 17.1 Å². The lowest BCUT2D eigenvalue weighted by Gasteiger charge is -2.28. The van der Waals surface area contributed by atoms with E-state index in [2.05, 4.69) is 23.2 Å². The average Bonchev–Trinajstić information content (AvgIpc) is 3.10. The van der Waals surface area contributed by atoms with Crippen molar-refractivity contribution in [1.29, 1.82) is 5.26 Å². The topological polar surface area (TPSA) is 53.1 Å². The van der Waals surface area contributed by atoms with Crippen molar-refractivity contribution < 1.29 is 8.81 Å². The van der Waals surface area contributed by atoms with Crippen LogP contribution in [0.1, 0.15) is 28.3 Å². The van der Waals surface area contributed by atoms with Crippen molar-refractivity contribution in [3.63, 3.8) is 0 Å². The first kappa shape index (κ1) is 16.1. The van der Waals surface area contributed by atoms with Crippen LogP contribution in [0.5, 0.6) is 0 Å². The maximum atomic E-state index is 13.0. The fraction of sp³-hybridized carbons (Fsp3) is 0.143. The SMILES string of the molecule is N#Cc1nc(/C=C/c2ccc(F)cc2)oc1N1CCc2ccccc2C1. The van der Waals surface area contributed by atoms with Gasteiger partial charge in [-0.15, -0.1) is 0 Å². The summed E-state index contributed by atoms with van der Waals surface area (Å²) in [6, 6.07) is 16.5. The molecule has 0 saturated carbocycles. The third-order valence-electron chi connectivity index (χ3n) is 4.44. The lowest BCUT2D eigenvalue weighted by Crippen LogP contribution is -2.30. The van der Waals surface area contributed by atoms with Crippen molar-refractivity contribution in [3.05, 3.63) is 82.6 Å². The summed E-state index contributed by atoms with van der Waals surface area (Å²) >= 11 is 0. The lowest BCUT2D eigenvalue weighted by atomic mass is 10.00. The number of fused-ring (bicyclic) bond motifs is 1. The van der Waals surface area contributed by atoms with Gasteiger partial charge < -0.3 is 9.32 Å². The highest BCUT2D eigenvalue weighted by molar-refractivity contribution is 5.67. The van der Waals surface area contributed by atoms with Gasteiger partial charge in [0.05, 0.1) is 0 Å². The largest absolute Gasteiger partial charge is 0.420 e. The molecule has 2 heterocycles. The Balaban J connectivity index is 1.58. The van der Waals surface area contributed by atoms with Gasteiger partial charge in [0.15, 0.2) is 0 Å². The molecular formula is C21H16FN3O. The van der Waals surface area contributed by atoms with E-state index < -0.39 is 0 Å². The van der Waals surface area contributed by atoms with Crippen molar-refractivity contribution in [2.75, 3.05) is 11.4 Å². The van der Waals surface area contributed by atoms with Crippen LogP contribution >= 0.6 is 0 Å². The number of nitrogens with zero attached hydrogens (tertiary/aromatic N) is 3. The summed E-state index contributed by atoms with van der Waals surface area (Å²) in [5, 5.41) is 9.41. The zero-order chi connectivity index (χ0) is 17.9. The van der Waals surface area contributed by atoms with E-state index in [9.17, 15) is 9.65 Å². The zero-order valence-electron chi connectivity index (χ0n) is 14.0. The first-order valence-corrected chi connectivity index (χ1v) is 8.39. The predicted octanol–water partition coefficient (Wildman–Crippen LogP) is 4.42. The molecule has 128 valence electrons. The number of aromatic nitrogens is 1. The Labute approximate surface area is 150 Å². The van der Waals surface area contributed by atoms with Gasteiger partial charge in [-0.2, -0.15) is 10.2 Å². The summed E-state index contributed by atoms with van der Waals surface area (Å²) in [6.07, 6.45) is 4.37. The molecule has 26 heavy (non-hydrogen) atoms. The van der Waals surface area contributed by atoms with Crippen molar-refractivity contribution in [1.82, 2.24) is 4.98 Å². The van der Waals surface area contributed by atoms with Crippen LogP contribution in [-0.2, 0) is 13.0 Å². The van der Waals surface area contributed by atoms with Crippen LogP contribution in [0.2, 0.25) is 0 Å². The summed E-state index contributed by atoms with van der Waals surface area (Å²) in [5.74, 6) is 0.582. The number of halogens is 1. The molecule has 1 aliphatic rings. The molecule has 5 heteroatoms. The van der Waals surface area contributed by atoms with Gasteiger partial charge in [-0.3, -0.25) is 0 Å². The molecule has 4 nitrogen and oxygen atoms in total. The van der Waals surface area contributed by atoms with Crippen LogP contribution in [0.25, 0.3) is 12.2 Å². The molecule has 1 aromatic heterocycles. The summed E-state index contributed by atoms with van der Waals surface area (Å²) in [4.78, 5) is 6.31. The number of hydrogen-bond acceptors (Lipinski definition) is 4. The van der Waals surface area contributed by atoms with Gasteiger partial charge in [-0.25, -0.2) is 4.39 Å². The second kappa shape index (κ2) is 6.85. The number of benzene rings is 2. The molecule has 0 saturated heterocycles. The smallest absolute Gasteiger partial charge is 0.235 e. The number of nitriles is 1. The van der Waals surface area contributed by atoms with Crippen LogP contribution in [0.4, 0.5) is 10.3 Å². The molecule has 0 aliphatic carbocycles. The minimum absolute atomic E-state index is 0.280. The third-order valence-corrected chi connectivity index (χ3v) is 4.44. The van der Waals surface area contributed by atoms with Gasteiger partial charge in [-0.05, 0) is 41.3 Å². The highest BCUT2D eigenvalue weighted by atomic mass is 19.1.